The number of piperidine rings is 3. The quantitative estimate of drug-likeness (QED) is 0.611. The van der Waals surface area contributed by atoms with Crippen LogP contribution < -0.4 is 5.73 Å². The van der Waals surface area contributed by atoms with Crippen LogP contribution in [-0.4, -0.2) is 63.4 Å². The van der Waals surface area contributed by atoms with Crippen LogP contribution in [0.4, 0.5) is 5.69 Å². The number of nitrogens with two attached hydrogens (primary N) is 1. The van der Waals surface area contributed by atoms with Gasteiger partial charge in [0, 0.05) is 37.4 Å². The van der Waals surface area contributed by atoms with E-state index in [0.717, 1.165) is 49.4 Å². The van der Waals surface area contributed by atoms with Crippen molar-refractivity contribution in [2.24, 2.45) is 11.8 Å². The highest BCUT2D eigenvalue weighted by atomic mass is 16.2. The van der Waals surface area contributed by atoms with Crippen LogP contribution in [0.2, 0.25) is 0 Å². The summed E-state index contributed by atoms with van der Waals surface area (Å²) in [5.74, 6) is 0.804. The van der Waals surface area contributed by atoms with E-state index in [9.17, 15) is 4.79 Å². The highest BCUT2D eigenvalue weighted by molar-refractivity contribution is 5.79. The van der Waals surface area contributed by atoms with Crippen LogP contribution >= 0.6 is 0 Å². The standard InChI is InChI=1S/C21H28N6O/c1-3-8-25(2)21(28)19-13-26-9-7-15(19)11-18(26)12-27-14-20(23-24-27)16-5-4-6-17(22)10-16/h3-6,10,14-15,18-19H,1,7-9,11-13,22H2,2H3/t15?,18-,19+/m1/s1. The maximum Gasteiger partial charge on any atom is 0.227 e. The summed E-state index contributed by atoms with van der Waals surface area (Å²) in [6.45, 7) is 7.04. The van der Waals surface area contributed by atoms with E-state index in [1.165, 1.54) is 0 Å². The van der Waals surface area contributed by atoms with Gasteiger partial charge in [-0.15, -0.1) is 11.7 Å². The maximum absolute atomic E-state index is 12.7. The molecule has 1 amide bonds. The van der Waals surface area contributed by atoms with Crippen molar-refractivity contribution in [2.45, 2.75) is 25.4 Å². The molecule has 2 aromatic rings. The molecule has 148 valence electrons. The highest BCUT2D eigenvalue weighted by Gasteiger charge is 2.44. The van der Waals surface area contributed by atoms with Crippen LogP contribution in [0.5, 0.6) is 0 Å². The lowest BCUT2D eigenvalue weighted by molar-refractivity contribution is -0.142. The minimum Gasteiger partial charge on any atom is -0.399 e. The zero-order valence-corrected chi connectivity index (χ0v) is 16.4. The summed E-state index contributed by atoms with van der Waals surface area (Å²) in [6, 6.07) is 8.10. The highest BCUT2D eigenvalue weighted by Crippen LogP contribution is 2.37. The van der Waals surface area contributed by atoms with E-state index in [1.807, 2.05) is 42.2 Å². The van der Waals surface area contributed by atoms with Crippen LogP contribution in [-0.2, 0) is 11.3 Å². The molecule has 5 rings (SSSR count). The third-order valence-electron chi connectivity index (χ3n) is 6.09. The van der Waals surface area contributed by atoms with Gasteiger partial charge >= 0.3 is 0 Å². The lowest BCUT2D eigenvalue weighted by atomic mass is 9.75. The number of hydrogen-bond donors (Lipinski definition) is 1. The number of nitrogen functional groups attached to an aromatic ring is 1. The van der Waals surface area contributed by atoms with Crippen molar-refractivity contribution >= 4 is 11.6 Å². The number of carbonyl (C=O) groups excluding carboxylic acids is 1. The Kier molecular flexibility index (Phi) is 5.17. The lowest BCUT2D eigenvalue weighted by Gasteiger charge is -2.49. The molecule has 0 radical (unpaired) electrons. The summed E-state index contributed by atoms with van der Waals surface area (Å²) >= 11 is 0. The Hall–Kier alpha value is -2.67. The first kappa shape index (κ1) is 18.7. The van der Waals surface area contributed by atoms with Crippen LogP contribution in [0.1, 0.15) is 12.8 Å². The normalized spacial score (nSPS) is 26.2. The molecule has 3 fully saturated rings. The van der Waals surface area contributed by atoms with Crippen molar-refractivity contribution in [3.63, 3.8) is 0 Å². The summed E-state index contributed by atoms with van der Waals surface area (Å²) < 4.78 is 1.92. The third-order valence-corrected chi connectivity index (χ3v) is 6.09. The average molecular weight is 380 g/mol. The Labute approximate surface area is 165 Å². The van der Waals surface area contributed by atoms with Crippen LogP contribution in [0.25, 0.3) is 11.3 Å². The van der Waals surface area contributed by atoms with Gasteiger partial charge in [0.15, 0.2) is 0 Å². The van der Waals surface area contributed by atoms with Crippen LogP contribution in [0, 0.1) is 11.8 Å². The summed E-state index contributed by atoms with van der Waals surface area (Å²) in [6.07, 6.45) is 5.90. The molecular weight excluding hydrogens is 352 g/mol. The average Bonchev–Trinajstić information content (AvgIpc) is 3.16. The fraction of sp³-hybridized carbons (Fsp3) is 0.476. The Morgan fingerprint density at radius 3 is 3.04 bits per heavy atom. The first-order valence-electron chi connectivity index (χ1n) is 9.91. The van der Waals surface area contributed by atoms with Gasteiger partial charge in [-0.2, -0.15) is 0 Å². The van der Waals surface area contributed by atoms with Crippen molar-refractivity contribution in [1.29, 1.82) is 0 Å². The molecule has 7 nitrogen and oxygen atoms in total. The van der Waals surface area contributed by atoms with Gasteiger partial charge in [0.2, 0.25) is 5.91 Å². The second-order valence-electron chi connectivity index (χ2n) is 8.00. The molecule has 4 heterocycles. The predicted molar refractivity (Wildman–Crippen MR) is 109 cm³/mol. The van der Waals surface area contributed by atoms with Gasteiger partial charge in [-0.1, -0.05) is 23.4 Å². The third kappa shape index (κ3) is 3.67. The number of nitrogens with zero attached hydrogens (tertiary/aromatic N) is 5. The zero-order chi connectivity index (χ0) is 19.7. The number of likely N-dealkylation sites (N-methyl/N-ethyl adjacent to an activating group) is 1. The second-order valence-corrected chi connectivity index (χ2v) is 8.00. The van der Waals surface area contributed by atoms with Gasteiger partial charge in [-0.3, -0.25) is 14.4 Å². The molecule has 28 heavy (non-hydrogen) atoms. The largest absolute Gasteiger partial charge is 0.399 e. The SMILES string of the molecule is C=CCN(C)C(=O)[C@H]1CN2CCC1C[C@@H]2Cn1cc(-c2cccc(N)c2)nn1. The van der Waals surface area contributed by atoms with E-state index < -0.39 is 0 Å². The first-order valence-corrected chi connectivity index (χ1v) is 9.91. The molecule has 4 atom stereocenters. The van der Waals surface area contributed by atoms with Gasteiger partial charge in [0.05, 0.1) is 18.7 Å². The van der Waals surface area contributed by atoms with Gasteiger partial charge in [-0.25, -0.2) is 0 Å². The van der Waals surface area contributed by atoms with Crippen molar-refractivity contribution in [2.75, 3.05) is 32.4 Å². The summed E-state index contributed by atoms with van der Waals surface area (Å²) in [5.41, 5.74) is 8.41. The smallest absolute Gasteiger partial charge is 0.227 e. The minimum absolute atomic E-state index is 0.105. The molecule has 7 heteroatoms. The fourth-order valence-electron chi connectivity index (χ4n) is 4.61. The molecule has 3 saturated heterocycles. The summed E-state index contributed by atoms with van der Waals surface area (Å²) in [5, 5.41) is 8.63. The van der Waals surface area contributed by atoms with Gasteiger partial charge in [0.1, 0.15) is 5.69 Å². The zero-order valence-electron chi connectivity index (χ0n) is 16.4. The van der Waals surface area contributed by atoms with Gasteiger partial charge < -0.3 is 10.6 Å². The molecule has 1 aromatic carbocycles. The molecule has 0 saturated carbocycles. The van der Waals surface area contributed by atoms with E-state index in [4.69, 9.17) is 5.73 Å². The Morgan fingerprint density at radius 1 is 1.46 bits per heavy atom. The second kappa shape index (κ2) is 7.75. The van der Waals surface area contributed by atoms with E-state index in [0.29, 0.717) is 18.5 Å². The van der Waals surface area contributed by atoms with Crippen LogP contribution in [0.3, 0.4) is 0 Å². The number of amides is 1. The van der Waals surface area contributed by atoms with E-state index in [1.54, 1.807) is 11.0 Å². The lowest BCUT2D eigenvalue weighted by Crippen LogP contribution is -2.58. The number of benzene rings is 1. The summed E-state index contributed by atoms with van der Waals surface area (Å²) in [4.78, 5) is 17.0. The monoisotopic (exact) mass is 380 g/mol. The van der Waals surface area contributed by atoms with E-state index in [-0.39, 0.29) is 11.8 Å². The van der Waals surface area contributed by atoms with Crippen LogP contribution in [0.15, 0.2) is 43.1 Å². The molecule has 1 aromatic heterocycles. The number of aromatic nitrogens is 3. The molecule has 3 aliphatic heterocycles. The number of hydrogen-bond acceptors (Lipinski definition) is 5. The number of rotatable bonds is 6. The molecular formula is C21H28N6O. The van der Waals surface area contributed by atoms with Gasteiger partial charge in [0.25, 0.3) is 0 Å². The first-order chi connectivity index (χ1) is 13.5. The Morgan fingerprint density at radius 2 is 2.32 bits per heavy atom. The number of fused-ring (bicyclic) bond motifs is 3. The fourth-order valence-corrected chi connectivity index (χ4v) is 4.61. The Balaban J connectivity index is 1.41. The van der Waals surface area contributed by atoms with Crippen molar-refractivity contribution in [3.05, 3.63) is 43.1 Å². The van der Waals surface area contributed by atoms with Gasteiger partial charge in [-0.05, 0) is 37.4 Å². The number of carbonyl (C=O) groups is 1. The van der Waals surface area contributed by atoms with E-state index in [2.05, 4.69) is 21.8 Å². The Bertz CT molecular complexity index is 862. The molecule has 2 unspecified atom stereocenters. The minimum atomic E-state index is 0.105. The maximum atomic E-state index is 12.7. The number of anilines is 1. The molecule has 2 N–H and O–H groups in total. The molecule has 2 bridgehead atoms. The molecule has 0 spiro atoms. The topological polar surface area (TPSA) is 80.3 Å². The van der Waals surface area contributed by atoms with Crippen molar-refractivity contribution in [3.8, 4) is 11.3 Å². The van der Waals surface area contributed by atoms with Crippen molar-refractivity contribution in [1.82, 2.24) is 24.8 Å². The van der Waals surface area contributed by atoms with Crippen molar-refractivity contribution < 1.29 is 4.79 Å². The predicted octanol–water partition coefficient (Wildman–Crippen LogP) is 1.88. The molecule has 3 aliphatic rings. The molecule has 0 aliphatic carbocycles. The summed E-state index contributed by atoms with van der Waals surface area (Å²) in [7, 11) is 1.87. The van der Waals surface area contributed by atoms with E-state index >= 15 is 0 Å².